The molecule has 0 heterocycles. The number of amides is 1. The molecule has 10 nitrogen and oxygen atoms in total. The maximum absolute atomic E-state index is 12.8. The molecule has 1 amide bonds. The van der Waals surface area contributed by atoms with Gasteiger partial charge in [-0.15, -0.1) is 0 Å². The van der Waals surface area contributed by atoms with Crippen LogP contribution in [0.3, 0.4) is 0 Å². The van der Waals surface area contributed by atoms with Crippen LogP contribution in [0, 0.1) is 0 Å². The number of carbonyl (C=O) groups is 1. The molecule has 0 aromatic rings. The molecule has 262 valence electrons. The van der Waals surface area contributed by atoms with E-state index in [2.05, 4.69) is 85.1 Å². The van der Waals surface area contributed by atoms with Gasteiger partial charge in [0, 0.05) is 31.9 Å². The summed E-state index contributed by atoms with van der Waals surface area (Å²) in [5, 5.41) is 21.3. The van der Waals surface area contributed by atoms with Crippen LogP contribution >= 0.6 is 0 Å². The number of rotatable bonds is 25. The first-order valence-electron chi connectivity index (χ1n) is 16.0. The van der Waals surface area contributed by atoms with Gasteiger partial charge in [-0.2, -0.15) is 0 Å². The van der Waals surface area contributed by atoms with Crippen LogP contribution in [0.2, 0.25) is 90.7 Å². The van der Waals surface area contributed by atoms with Crippen molar-refractivity contribution in [2.24, 2.45) is 0 Å². The second-order valence-corrected chi connectivity index (χ2v) is 39.1. The van der Waals surface area contributed by atoms with Gasteiger partial charge >= 0.3 is 18.6 Å². The third-order valence-electron chi connectivity index (χ3n) is 5.53. The molecule has 0 aliphatic rings. The zero-order valence-corrected chi connectivity index (χ0v) is 36.6. The molecule has 0 aromatic heterocycles. The summed E-state index contributed by atoms with van der Waals surface area (Å²) in [6.45, 7) is 32.8. The molecule has 0 saturated heterocycles. The van der Waals surface area contributed by atoms with Gasteiger partial charge in [-0.25, -0.2) is 0 Å². The first-order chi connectivity index (χ1) is 19.9. The highest BCUT2D eigenvalue weighted by molar-refractivity contribution is 6.81. The zero-order chi connectivity index (χ0) is 34.4. The summed E-state index contributed by atoms with van der Waals surface area (Å²) >= 11 is 0. The third kappa shape index (κ3) is 26.3. The number of ether oxygens (including phenoxy) is 2. The topological polar surface area (TPSA) is 116 Å². The van der Waals surface area contributed by atoms with E-state index >= 15 is 0 Å². The van der Waals surface area contributed by atoms with Crippen LogP contribution < -0.4 is 0 Å². The van der Waals surface area contributed by atoms with Crippen molar-refractivity contribution < 1.29 is 40.9 Å². The lowest BCUT2D eigenvalue weighted by Gasteiger charge is -2.30. The highest BCUT2D eigenvalue weighted by atomic mass is 28.5. The Balaban J connectivity index is 4.70. The monoisotopic (exact) mass is 729 g/mol. The number of carbonyl (C=O) groups excluding carboxylic acids is 1. The average Bonchev–Trinajstić information content (AvgIpc) is 2.78. The fraction of sp³-hybridized carbons (Fsp3) is 0.893. The Labute approximate surface area is 277 Å². The Kier molecular flexibility index (Phi) is 20.6. The van der Waals surface area contributed by atoms with Crippen molar-refractivity contribution in [3.05, 3.63) is 12.2 Å². The second-order valence-electron chi connectivity index (χ2n) is 15.5. The summed E-state index contributed by atoms with van der Waals surface area (Å²) in [6.07, 6.45) is -0.201. The molecular weight excluding hydrogens is 663 g/mol. The minimum Gasteiger partial charge on any atom is -0.439 e. The molecule has 0 aromatic carbocycles. The summed E-state index contributed by atoms with van der Waals surface area (Å²) in [5.41, 5.74) is 0.341. The van der Waals surface area contributed by atoms with E-state index in [1.807, 2.05) is 0 Å². The molecule has 0 rings (SSSR count). The molecule has 2 atom stereocenters. The van der Waals surface area contributed by atoms with Crippen LogP contribution in [0.1, 0.15) is 19.8 Å². The predicted octanol–water partition coefficient (Wildman–Crippen LogP) is 4.77. The standard InChI is InChI=1S/C28H67NO9Si6/c1-25(2)28(32)29(21-26(30)23-33-17-15-19-39(35-41(3,4)5)36-42(6,7)8)22-27(31)24-34-18-16-20-40(37-43(9,10)11)38-44(12,13)14/h26-27,30-31,39-40H,1,15-24H2,2-14H3. The van der Waals surface area contributed by atoms with Crippen LogP contribution in [0.4, 0.5) is 0 Å². The Bertz CT molecular complexity index is 742. The lowest BCUT2D eigenvalue weighted by atomic mass is 10.2. The van der Waals surface area contributed by atoms with Gasteiger partial charge in [0.15, 0.2) is 33.3 Å². The molecule has 0 fully saturated rings. The molecule has 0 bridgehead atoms. The predicted molar refractivity (Wildman–Crippen MR) is 196 cm³/mol. The van der Waals surface area contributed by atoms with E-state index in [1.165, 1.54) is 4.90 Å². The second kappa shape index (κ2) is 20.5. The summed E-state index contributed by atoms with van der Waals surface area (Å²) in [4.78, 5) is 14.2. The molecule has 0 saturated carbocycles. The van der Waals surface area contributed by atoms with E-state index < -0.39 is 64.0 Å². The minimum absolute atomic E-state index is 0.0347. The van der Waals surface area contributed by atoms with E-state index in [9.17, 15) is 15.0 Å². The van der Waals surface area contributed by atoms with Crippen molar-refractivity contribution in [1.29, 1.82) is 0 Å². The van der Waals surface area contributed by atoms with Gasteiger partial charge in [-0.1, -0.05) is 6.58 Å². The van der Waals surface area contributed by atoms with Crippen molar-refractivity contribution in [3.63, 3.8) is 0 Å². The molecule has 0 spiro atoms. The fourth-order valence-corrected chi connectivity index (χ4v) is 20.9. The van der Waals surface area contributed by atoms with Crippen LogP contribution in [-0.4, -0.2) is 125 Å². The summed E-state index contributed by atoms with van der Waals surface area (Å²) in [7, 11) is -10.3. The highest BCUT2D eigenvalue weighted by Gasteiger charge is 2.30. The Hall–Kier alpha value is 0.191. The largest absolute Gasteiger partial charge is 0.439 e. The molecule has 0 aliphatic heterocycles. The van der Waals surface area contributed by atoms with Crippen molar-refractivity contribution in [2.75, 3.05) is 39.5 Å². The van der Waals surface area contributed by atoms with Crippen molar-refractivity contribution >= 4 is 57.7 Å². The number of hydrogen-bond donors (Lipinski definition) is 2. The van der Waals surface area contributed by atoms with Gasteiger partial charge in [0.1, 0.15) is 0 Å². The number of hydrogen-bond acceptors (Lipinski definition) is 9. The zero-order valence-electron chi connectivity index (χ0n) is 30.3. The van der Waals surface area contributed by atoms with E-state index in [1.54, 1.807) is 6.92 Å². The molecule has 16 heteroatoms. The SMILES string of the molecule is C=C(C)C(=O)N(CC(O)COCCC[SiH](O[Si](C)(C)C)O[Si](C)(C)C)CC(O)COCCC[SiH](O[Si](C)(C)C)O[Si](C)(C)C. The maximum atomic E-state index is 12.8. The summed E-state index contributed by atoms with van der Waals surface area (Å²) < 4.78 is 36.9. The Morgan fingerprint density at radius 1 is 0.659 bits per heavy atom. The van der Waals surface area contributed by atoms with Gasteiger partial charge < -0.3 is 41.0 Å². The Morgan fingerprint density at radius 3 is 1.20 bits per heavy atom. The van der Waals surface area contributed by atoms with Crippen molar-refractivity contribution in [3.8, 4) is 0 Å². The quantitative estimate of drug-likeness (QED) is 0.0779. The smallest absolute Gasteiger partial charge is 0.300 e. The van der Waals surface area contributed by atoms with Crippen LogP contribution in [0.5, 0.6) is 0 Å². The van der Waals surface area contributed by atoms with Crippen LogP contribution in [-0.2, 0) is 30.7 Å². The average molecular weight is 730 g/mol. The van der Waals surface area contributed by atoms with Crippen molar-refractivity contribution in [1.82, 2.24) is 4.90 Å². The lowest BCUT2D eigenvalue weighted by molar-refractivity contribution is -0.131. The first kappa shape index (κ1) is 44.2. The van der Waals surface area contributed by atoms with Crippen LogP contribution in [0.15, 0.2) is 12.2 Å². The minimum atomic E-state index is -1.78. The fourth-order valence-electron chi connectivity index (χ4n) is 4.13. The van der Waals surface area contributed by atoms with Gasteiger partial charge in [0.05, 0.1) is 25.4 Å². The van der Waals surface area contributed by atoms with Crippen molar-refractivity contribution in [2.45, 2.75) is 123 Å². The highest BCUT2D eigenvalue weighted by Crippen LogP contribution is 2.17. The van der Waals surface area contributed by atoms with Gasteiger partial charge in [-0.05, 0) is 110 Å². The molecule has 2 N–H and O–H groups in total. The molecule has 0 aliphatic carbocycles. The van der Waals surface area contributed by atoms with Gasteiger partial charge in [-0.3, -0.25) is 4.79 Å². The normalized spacial score (nSPS) is 14.8. The van der Waals surface area contributed by atoms with E-state index in [0.29, 0.717) is 18.8 Å². The lowest BCUT2D eigenvalue weighted by Crippen LogP contribution is -2.44. The first-order valence-corrected chi connectivity index (χ1v) is 33.2. The molecule has 0 radical (unpaired) electrons. The maximum Gasteiger partial charge on any atom is 0.300 e. The molecular formula is C28H67NO9Si6. The van der Waals surface area contributed by atoms with E-state index in [-0.39, 0.29) is 32.2 Å². The van der Waals surface area contributed by atoms with E-state index in [0.717, 1.165) is 24.9 Å². The Morgan fingerprint density at radius 2 is 0.955 bits per heavy atom. The number of aliphatic hydroxyl groups is 2. The molecule has 44 heavy (non-hydrogen) atoms. The van der Waals surface area contributed by atoms with Gasteiger partial charge in [0.25, 0.3) is 0 Å². The van der Waals surface area contributed by atoms with Crippen LogP contribution in [0.25, 0.3) is 0 Å². The summed E-state index contributed by atoms with van der Waals surface area (Å²) in [5.74, 6) is -0.315. The number of aliphatic hydroxyl groups excluding tert-OH is 2. The number of nitrogens with zero attached hydrogens (tertiary/aromatic N) is 1. The summed E-state index contributed by atoms with van der Waals surface area (Å²) in [6, 6.07) is 1.72. The van der Waals surface area contributed by atoms with Gasteiger partial charge in [0.2, 0.25) is 5.91 Å². The third-order valence-corrected chi connectivity index (χ3v) is 22.8. The van der Waals surface area contributed by atoms with E-state index in [4.69, 9.17) is 25.9 Å². The molecule has 2 unspecified atom stereocenters.